The fourth-order valence-electron chi connectivity index (χ4n) is 4.86. The average molecular weight is 314 g/mol. The number of piperazine rings is 1. The van der Waals surface area contributed by atoms with Crippen LogP contribution in [0.5, 0.6) is 0 Å². The number of nitrogens with zero attached hydrogens (tertiary/aromatic N) is 2. The Morgan fingerprint density at radius 2 is 1.62 bits per heavy atom. The molecule has 3 unspecified atom stereocenters. The highest BCUT2D eigenvalue weighted by Gasteiger charge is 2.56. The molecule has 1 amide bonds. The lowest BCUT2D eigenvalue weighted by molar-refractivity contribution is -0.132. The van der Waals surface area contributed by atoms with Crippen molar-refractivity contribution in [3.8, 4) is 0 Å². The van der Waals surface area contributed by atoms with E-state index in [0.717, 1.165) is 51.1 Å². The number of likely N-dealkylation sites (tertiary alicyclic amines) is 1. The summed E-state index contributed by atoms with van der Waals surface area (Å²) in [4.78, 5) is 17.5. The maximum absolute atomic E-state index is 12.7. The summed E-state index contributed by atoms with van der Waals surface area (Å²) < 4.78 is 0. The van der Waals surface area contributed by atoms with Crippen LogP contribution in [-0.2, 0) is 4.79 Å². The SMILES string of the molecule is Cl.O=C(C1C2CCCCC21)N1CCC(N2CCNCC2)C1. The van der Waals surface area contributed by atoms with E-state index in [1.165, 1.54) is 32.1 Å². The smallest absolute Gasteiger partial charge is 0.226 e. The molecule has 120 valence electrons. The summed E-state index contributed by atoms with van der Waals surface area (Å²) in [5.41, 5.74) is 0. The first kappa shape index (κ1) is 15.6. The van der Waals surface area contributed by atoms with Gasteiger partial charge in [-0.1, -0.05) is 12.8 Å². The third kappa shape index (κ3) is 2.95. The summed E-state index contributed by atoms with van der Waals surface area (Å²) >= 11 is 0. The van der Waals surface area contributed by atoms with Crippen molar-refractivity contribution in [2.24, 2.45) is 17.8 Å². The van der Waals surface area contributed by atoms with Crippen molar-refractivity contribution >= 4 is 18.3 Å². The highest BCUT2D eigenvalue weighted by molar-refractivity contribution is 5.85. The number of rotatable bonds is 2. The number of halogens is 1. The van der Waals surface area contributed by atoms with E-state index in [1.807, 2.05) is 0 Å². The molecule has 2 aliphatic heterocycles. The van der Waals surface area contributed by atoms with E-state index in [4.69, 9.17) is 0 Å². The molecule has 0 spiro atoms. The minimum atomic E-state index is 0. The van der Waals surface area contributed by atoms with Gasteiger partial charge in [-0.2, -0.15) is 0 Å². The lowest BCUT2D eigenvalue weighted by Gasteiger charge is -2.32. The zero-order valence-electron chi connectivity index (χ0n) is 12.8. The van der Waals surface area contributed by atoms with Crippen molar-refractivity contribution in [2.75, 3.05) is 39.3 Å². The molecular weight excluding hydrogens is 286 g/mol. The van der Waals surface area contributed by atoms with Crippen LogP contribution in [0.2, 0.25) is 0 Å². The molecule has 1 N–H and O–H groups in total. The second-order valence-electron chi connectivity index (χ2n) is 7.15. The van der Waals surface area contributed by atoms with Crippen molar-refractivity contribution in [2.45, 2.75) is 38.1 Å². The Morgan fingerprint density at radius 3 is 2.29 bits per heavy atom. The molecule has 2 saturated heterocycles. The first-order valence-electron chi connectivity index (χ1n) is 8.58. The number of amides is 1. The Balaban J connectivity index is 0.00000132. The molecule has 2 aliphatic carbocycles. The van der Waals surface area contributed by atoms with Gasteiger partial charge in [-0.3, -0.25) is 9.69 Å². The number of nitrogens with one attached hydrogen (secondary N) is 1. The highest BCUT2D eigenvalue weighted by atomic mass is 35.5. The van der Waals surface area contributed by atoms with Gasteiger partial charge in [-0.25, -0.2) is 0 Å². The molecule has 2 heterocycles. The first-order chi connectivity index (χ1) is 9.84. The molecule has 5 heteroatoms. The summed E-state index contributed by atoms with van der Waals surface area (Å²) in [6.45, 7) is 6.52. The molecule has 2 saturated carbocycles. The van der Waals surface area contributed by atoms with E-state index in [-0.39, 0.29) is 12.4 Å². The lowest BCUT2D eigenvalue weighted by Crippen LogP contribution is -2.49. The maximum Gasteiger partial charge on any atom is 0.226 e. The van der Waals surface area contributed by atoms with Crippen LogP contribution in [0.3, 0.4) is 0 Å². The van der Waals surface area contributed by atoms with Crippen LogP contribution in [0.1, 0.15) is 32.1 Å². The van der Waals surface area contributed by atoms with Crippen LogP contribution in [-0.4, -0.2) is 61.0 Å². The third-order valence-corrected chi connectivity index (χ3v) is 6.08. The van der Waals surface area contributed by atoms with Crippen LogP contribution in [0, 0.1) is 17.8 Å². The predicted octanol–water partition coefficient (Wildman–Crippen LogP) is 1.35. The maximum atomic E-state index is 12.7. The van der Waals surface area contributed by atoms with E-state index in [0.29, 0.717) is 17.9 Å². The molecule has 4 rings (SSSR count). The van der Waals surface area contributed by atoms with Crippen molar-refractivity contribution in [1.82, 2.24) is 15.1 Å². The Hall–Kier alpha value is -0.320. The van der Waals surface area contributed by atoms with Crippen LogP contribution >= 0.6 is 12.4 Å². The van der Waals surface area contributed by atoms with Crippen molar-refractivity contribution in [3.05, 3.63) is 0 Å². The molecule has 0 bridgehead atoms. The molecule has 0 aromatic rings. The number of carbonyl (C=O) groups is 1. The number of hydrogen-bond donors (Lipinski definition) is 1. The molecule has 4 nitrogen and oxygen atoms in total. The van der Waals surface area contributed by atoms with Gasteiger partial charge in [0, 0.05) is 51.2 Å². The van der Waals surface area contributed by atoms with E-state index < -0.39 is 0 Å². The number of fused-ring (bicyclic) bond motifs is 1. The molecule has 21 heavy (non-hydrogen) atoms. The largest absolute Gasteiger partial charge is 0.341 e. The van der Waals surface area contributed by atoms with E-state index in [1.54, 1.807) is 0 Å². The first-order valence-corrected chi connectivity index (χ1v) is 8.58. The molecule has 4 aliphatic rings. The van der Waals surface area contributed by atoms with Crippen molar-refractivity contribution < 1.29 is 4.79 Å². The predicted molar refractivity (Wildman–Crippen MR) is 85.6 cm³/mol. The quantitative estimate of drug-likeness (QED) is 0.836. The fraction of sp³-hybridized carbons (Fsp3) is 0.938. The van der Waals surface area contributed by atoms with Gasteiger partial charge < -0.3 is 10.2 Å². The van der Waals surface area contributed by atoms with Crippen LogP contribution < -0.4 is 5.32 Å². The fourth-order valence-corrected chi connectivity index (χ4v) is 4.86. The van der Waals surface area contributed by atoms with Gasteiger partial charge in [0.15, 0.2) is 0 Å². The Bertz CT molecular complexity index is 374. The van der Waals surface area contributed by atoms with Gasteiger partial charge in [-0.05, 0) is 31.1 Å². The summed E-state index contributed by atoms with van der Waals surface area (Å²) in [5.74, 6) is 2.43. The summed E-state index contributed by atoms with van der Waals surface area (Å²) in [6.07, 6.45) is 6.53. The highest BCUT2D eigenvalue weighted by Crippen LogP contribution is 2.56. The standard InChI is InChI=1S/C16H27N3O.ClH/c20-16(15-13-3-1-2-4-14(13)15)19-8-5-12(11-19)18-9-6-17-7-10-18;/h12-15,17H,1-11H2;1H. The molecule has 0 aromatic carbocycles. The number of hydrogen-bond acceptors (Lipinski definition) is 3. The van der Waals surface area contributed by atoms with Gasteiger partial charge in [0.25, 0.3) is 0 Å². The zero-order valence-corrected chi connectivity index (χ0v) is 13.6. The third-order valence-electron chi connectivity index (χ3n) is 6.08. The van der Waals surface area contributed by atoms with Gasteiger partial charge in [-0.15, -0.1) is 12.4 Å². The van der Waals surface area contributed by atoms with Gasteiger partial charge >= 0.3 is 0 Å². The normalized spacial score (nSPS) is 39.5. The van der Waals surface area contributed by atoms with E-state index in [2.05, 4.69) is 15.1 Å². The molecule has 0 radical (unpaired) electrons. The molecule has 4 fully saturated rings. The Morgan fingerprint density at radius 1 is 0.952 bits per heavy atom. The van der Waals surface area contributed by atoms with Crippen LogP contribution in [0.25, 0.3) is 0 Å². The second kappa shape index (κ2) is 6.43. The van der Waals surface area contributed by atoms with E-state index >= 15 is 0 Å². The van der Waals surface area contributed by atoms with Crippen molar-refractivity contribution in [1.29, 1.82) is 0 Å². The topological polar surface area (TPSA) is 35.6 Å². The monoisotopic (exact) mass is 313 g/mol. The van der Waals surface area contributed by atoms with Crippen LogP contribution in [0.4, 0.5) is 0 Å². The summed E-state index contributed by atoms with van der Waals surface area (Å²) in [6, 6.07) is 0.627. The average Bonchev–Trinajstić information content (AvgIpc) is 3.02. The van der Waals surface area contributed by atoms with Crippen LogP contribution in [0.15, 0.2) is 0 Å². The Labute approximate surface area is 134 Å². The Kier molecular flexibility index (Phi) is 4.77. The zero-order chi connectivity index (χ0) is 13.5. The molecular formula is C16H28ClN3O. The van der Waals surface area contributed by atoms with Crippen molar-refractivity contribution in [3.63, 3.8) is 0 Å². The minimum Gasteiger partial charge on any atom is -0.341 e. The minimum absolute atomic E-state index is 0. The lowest BCUT2D eigenvalue weighted by atomic mass is 10.0. The second-order valence-corrected chi connectivity index (χ2v) is 7.15. The van der Waals surface area contributed by atoms with Gasteiger partial charge in [0.2, 0.25) is 5.91 Å². The number of carbonyl (C=O) groups excluding carboxylic acids is 1. The molecule has 3 atom stereocenters. The van der Waals surface area contributed by atoms with E-state index in [9.17, 15) is 4.79 Å². The van der Waals surface area contributed by atoms with Gasteiger partial charge in [0.1, 0.15) is 0 Å². The summed E-state index contributed by atoms with van der Waals surface area (Å²) in [7, 11) is 0. The molecule has 0 aromatic heterocycles. The summed E-state index contributed by atoms with van der Waals surface area (Å²) in [5, 5.41) is 3.41. The van der Waals surface area contributed by atoms with Gasteiger partial charge in [0.05, 0.1) is 0 Å².